The molecule has 0 spiro atoms. The van der Waals surface area contributed by atoms with Crippen molar-refractivity contribution < 1.29 is 9.53 Å². The highest BCUT2D eigenvalue weighted by atomic mass is 32.1. The Labute approximate surface area is 113 Å². The number of carbonyl (C=O) groups is 1. The summed E-state index contributed by atoms with van der Waals surface area (Å²) in [7, 11) is 0. The lowest BCUT2D eigenvalue weighted by atomic mass is 9.75. The second-order valence-electron chi connectivity index (χ2n) is 5.76. The van der Waals surface area contributed by atoms with Gasteiger partial charge >= 0.3 is 0 Å². The molecule has 1 saturated carbocycles. The molecule has 0 saturated heterocycles. The van der Waals surface area contributed by atoms with E-state index in [1.54, 1.807) is 0 Å². The van der Waals surface area contributed by atoms with Crippen LogP contribution >= 0.6 is 11.3 Å². The number of rotatable bonds is 4. The van der Waals surface area contributed by atoms with E-state index in [2.05, 4.69) is 20.8 Å². The van der Waals surface area contributed by atoms with Crippen molar-refractivity contribution in [2.75, 3.05) is 0 Å². The Morgan fingerprint density at radius 1 is 1.39 bits per heavy atom. The van der Waals surface area contributed by atoms with Gasteiger partial charge in [-0.15, -0.1) is 0 Å². The van der Waals surface area contributed by atoms with Crippen molar-refractivity contribution in [1.29, 1.82) is 0 Å². The van der Waals surface area contributed by atoms with E-state index >= 15 is 0 Å². The van der Waals surface area contributed by atoms with Crippen LogP contribution in [-0.2, 0) is 0 Å². The van der Waals surface area contributed by atoms with E-state index < -0.39 is 0 Å². The molecule has 0 aromatic carbocycles. The highest BCUT2D eigenvalue weighted by Crippen LogP contribution is 2.37. The molecule has 100 valence electrons. The van der Waals surface area contributed by atoms with E-state index in [-0.39, 0.29) is 0 Å². The van der Waals surface area contributed by atoms with E-state index in [0.29, 0.717) is 17.9 Å². The third-order valence-electron chi connectivity index (χ3n) is 3.95. The van der Waals surface area contributed by atoms with Crippen molar-refractivity contribution in [2.45, 2.75) is 46.1 Å². The molecule has 1 aromatic heterocycles. The molecule has 1 aliphatic carbocycles. The molecule has 2 nitrogen and oxygen atoms in total. The fourth-order valence-electron chi connectivity index (χ4n) is 2.86. The molecule has 1 heterocycles. The maximum Gasteiger partial charge on any atom is 0.174 e. The number of hydrogen-bond donors (Lipinski definition) is 0. The minimum Gasteiger partial charge on any atom is -0.481 e. The van der Waals surface area contributed by atoms with E-state index in [9.17, 15) is 4.79 Å². The largest absolute Gasteiger partial charge is 0.481 e. The van der Waals surface area contributed by atoms with E-state index in [4.69, 9.17) is 4.74 Å². The first-order chi connectivity index (χ1) is 8.60. The fourth-order valence-corrected chi connectivity index (χ4v) is 3.58. The van der Waals surface area contributed by atoms with Crippen molar-refractivity contribution in [1.82, 2.24) is 0 Å². The summed E-state index contributed by atoms with van der Waals surface area (Å²) < 4.78 is 6.14. The smallest absolute Gasteiger partial charge is 0.174 e. The van der Waals surface area contributed by atoms with Gasteiger partial charge in [-0.3, -0.25) is 4.79 Å². The van der Waals surface area contributed by atoms with E-state index in [0.717, 1.165) is 28.6 Å². The van der Waals surface area contributed by atoms with Gasteiger partial charge in [-0.25, -0.2) is 0 Å². The first kappa shape index (κ1) is 13.6. The highest BCUT2D eigenvalue weighted by Gasteiger charge is 2.32. The Hall–Kier alpha value is -0.830. The summed E-state index contributed by atoms with van der Waals surface area (Å²) in [5.74, 6) is 2.05. The molecule has 1 aliphatic rings. The molecule has 3 unspecified atom stereocenters. The van der Waals surface area contributed by atoms with Crippen LogP contribution in [-0.4, -0.2) is 12.4 Å². The molecular formula is C15H22O2S. The standard InChI is InChI=1S/C15H22O2S/c1-10(2)13-6-4-11(3)8-14(13)17-15-7-5-12(9-16)18-15/h5,7,9-11,13-14H,4,6,8H2,1-3H3. The van der Waals surface area contributed by atoms with Gasteiger partial charge in [0.1, 0.15) is 6.10 Å². The average Bonchev–Trinajstić information content (AvgIpc) is 2.76. The monoisotopic (exact) mass is 266 g/mol. The van der Waals surface area contributed by atoms with Crippen molar-refractivity contribution in [2.24, 2.45) is 17.8 Å². The second kappa shape index (κ2) is 5.87. The van der Waals surface area contributed by atoms with Crippen LogP contribution in [0, 0.1) is 17.8 Å². The Kier molecular flexibility index (Phi) is 4.44. The van der Waals surface area contributed by atoms with Gasteiger partial charge in [0.2, 0.25) is 0 Å². The highest BCUT2D eigenvalue weighted by molar-refractivity contribution is 7.15. The van der Waals surface area contributed by atoms with E-state index in [1.807, 2.05) is 12.1 Å². The lowest BCUT2D eigenvalue weighted by molar-refractivity contribution is 0.0488. The van der Waals surface area contributed by atoms with Crippen LogP contribution in [0.15, 0.2) is 12.1 Å². The number of thiophene rings is 1. The van der Waals surface area contributed by atoms with Crippen LogP contribution in [0.5, 0.6) is 5.06 Å². The molecular weight excluding hydrogens is 244 g/mol. The van der Waals surface area contributed by atoms with Gasteiger partial charge < -0.3 is 4.74 Å². The minimum absolute atomic E-state index is 0.312. The maximum atomic E-state index is 10.7. The molecule has 0 radical (unpaired) electrons. The molecule has 1 aromatic rings. The molecule has 3 atom stereocenters. The van der Waals surface area contributed by atoms with Gasteiger partial charge in [0.05, 0.1) is 4.88 Å². The Bertz CT molecular complexity index is 397. The molecule has 0 bridgehead atoms. The SMILES string of the molecule is CC1CCC(C(C)C)C(Oc2ccc(C=O)s2)C1. The Morgan fingerprint density at radius 3 is 2.78 bits per heavy atom. The molecule has 0 N–H and O–H groups in total. The lowest BCUT2D eigenvalue weighted by Gasteiger charge is -2.36. The topological polar surface area (TPSA) is 26.3 Å². The van der Waals surface area contributed by atoms with Crippen LogP contribution in [0.1, 0.15) is 49.7 Å². The van der Waals surface area contributed by atoms with Gasteiger partial charge in [-0.1, -0.05) is 38.5 Å². The molecule has 0 aliphatic heterocycles. The molecule has 2 rings (SSSR count). The van der Waals surface area contributed by atoms with Crippen molar-refractivity contribution in [3.8, 4) is 5.06 Å². The predicted octanol–water partition coefficient (Wildman–Crippen LogP) is 4.40. The number of aldehydes is 1. The first-order valence-electron chi connectivity index (χ1n) is 6.81. The second-order valence-corrected chi connectivity index (χ2v) is 6.83. The zero-order valence-electron chi connectivity index (χ0n) is 11.4. The van der Waals surface area contributed by atoms with Gasteiger partial charge in [-0.2, -0.15) is 0 Å². The zero-order chi connectivity index (χ0) is 13.1. The lowest BCUT2D eigenvalue weighted by Crippen LogP contribution is -2.36. The van der Waals surface area contributed by atoms with Crippen LogP contribution in [0.25, 0.3) is 0 Å². The van der Waals surface area contributed by atoms with Crippen LogP contribution in [0.4, 0.5) is 0 Å². The quantitative estimate of drug-likeness (QED) is 0.755. The maximum absolute atomic E-state index is 10.7. The van der Waals surface area contributed by atoms with Crippen LogP contribution in [0.2, 0.25) is 0 Å². The fraction of sp³-hybridized carbons (Fsp3) is 0.667. The minimum atomic E-state index is 0.312. The summed E-state index contributed by atoms with van der Waals surface area (Å²) in [6, 6.07) is 3.76. The van der Waals surface area contributed by atoms with Crippen molar-refractivity contribution >= 4 is 17.6 Å². The van der Waals surface area contributed by atoms with Crippen LogP contribution in [0.3, 0.4) is 0 Å². The summed E-state index contributed by atoms with van der Waals surface area (Å²) >= 11 is 1.45. The first-order valence-corrected chi connectivity index (χ1v) is 7.63. The summed E-state index contributed by atoms with van der Waals surface area (Å²) in [6.45, 7) is 6.86. The van der Waals surface area contributed by atoms with Crippen molar-refractivity contribution in [3.63, 3.8) is 0 Å². The Morgan fingerprint density at radius 2 is 2.17 bits per heavy atom. The number of hydrogen-bond acceptors (Lipinski definition) is 3. The zero-order valence-corrected chi connectivity index (χ0v) is 12.2. The van der Waals surface area contributed by atoms with Gasteiger partial charge in [0.25, 0.3) is 0 Å². The predicted molar refractivity (Wildman–Crippen MR) is 75.5 cm³/mol. The van der Waals surface area contributed by atoms with Gasteiger partial charge in [-0.05, 0) is 42.7 Å². The van der Waals surface area contributed by atoms with E-state index in [1.165, 1.54) is 24.2 Å². The third-order valence-corrected chi connectivity index (χ3v) is 4.85. The summed E-state index contributed by atoms with van der Waals surface area (Å²) in [5, 5.41) is 0.891. The molecule has 18 heavy (non-hydrogen) atoms. The summed E-state index contributed by atoms with van der Waals surface area (Å²) in [5.41, 5.74) is 0. The van der Waals surface area contributed by atoms with Crippen LogP contribution < -0.4 is 4.74 Å². The summed E-state index contributed by atoms with van der Waals surface area (Å²) in [6.07, 6.45) is 4.91. The average molecular weight is 266 g/mol. The molecule has 0 amide bonds. The molecule has 1 fully saturated rings. The third kappa shape index (κ3) is 3.14. The molecule has 3 heteroatoms. The van der Waals surface area contributed by atoms with Gasteiger partial charge in [0, 0.05) is 0 Å². The van der Waals surface area contributed by atoms with Gasteiger partial charge in [0.15, 0.2) is 11.3 Å². The number of ether oxygens (including phenoxy) is 1. The number of carbonyl (C=O) groups excluding carboxylic acids is 1. The normalized spacial score (nSPS) is 28.3. The Balaban J connectivity index is 2.06. The van der Waals surface area contributed by atoms with Crippen molar-refractivity contribution in [3.05, 3.63) is 17.0 Å². The summed E-state index contributed by atoms with van der Waals surface area (Å²) in [4.78, 5) is 11.4.